The standard InChI is InChI=1S/C9H6FN3/c1-11-9-12-5-6-4-7(10)2-3-8(6)13-9/h2-5H,1H2. The van der Waals surface area contributed by atoms with Crippen LogP contribution in [-0.4, -0.2) is 16.7 Å². The Bertz CT molecular complexity index is 467. The van der Waals surface area contributed by atoms with Crippen LogP contribution in [-0.2, 0) is 0 Å². The molecule has 0 unspecified atom stereocenters. The van der Waals surface area contributed by atoms with Crippen LogP contribution in [0.15, 0.2) is 29.4 Å². The molecule has 0 atom stereocenters. The van der Waals surface area contributed by atoms with Crippen molar-refractivity contribution in [2.24, 2.45) is 4.99 Å². The molecule has 0 fully saturated rings. The van der Waals surface area contributed by atoms with Crippen molar-refractivity contribution in [3.63, 3.8) is 0 Å². The van der Waals surface area contributed by atoms with Gasteiger partial charge in [0.1, 0.15) is 5.82 Å². The van der Waals surface area contributed by atoms with E-state index in [1.807, 2.05) is 0 Å². The van der Waals surface area contributed by atoms with Crippen LogP contribution in [0.25, 0.3) is 10.9 Å². The van der Waals surface area contributed by atoms with Gasteiger partial charge in [-0.25, -0.2) is 19.4 Å². The average Bonchev–Trinajstić information content (AvgIpc) is 2.17. The number of aromatic nitrogens is 2. The smallest absolute Gasteiger partial charge is 0.228 e. The molecule has 0 saturated carbocycles. The Labute approximate surface area is 74.0 Å². The lowest BCUT2D eigenvalue weighted by Crippen LogP contribution is -1.84. The lowest BCUT2D eigenvalue weighted by molar-refractivity contribution is 0.629. The molecular formula is C9H6FN3. The third-order valence-corrected chi connectivity index (χ3v) is 1.67. The summed E-state index contributed by atoms with van der Waals surface area (Å²) in [6.45, 7) is 3.31. The van der Waals surface area contributed by atoms with Crippen molar-refractivity contribution in [1.29, 1.82) is 0 Å². The molecule has 0 aliphatic heterocycles. The van der Waals surface area contributed by atoms with Crippen molar-refractivity contribution in [3.05, 3.63) is 30.2 Å². The van der Waals surface area contributed by atoms with E-state index >= 15 is 0 Å². The summed E-state index contributed by atoms with van der Waals surface area (Å²) in [7, 11) is 0. The van der Waals surface area contributed by atoms with Gasteiger partial charge in [0.15, 0.2) is 0 Å². The number of halogens is 1. The average molecular weight is 175 g/mol. The van der Waals surface area contributed by atoms with E-state index in [1.165, 1.54) is 18.3 Å². The van der Waals surface area contributed by atoms with E-state index < -0.39 is 0 Å². The van der Waals surface area contributed by atoms with E-state index in [9.17, 15) is 4.39 Å². The number of hydrogen-bond acceptors (Lipinski definition) is 3. The van der Waals surface area contributed by atoms with Gasteiger partial charge >= 0.3 is 0 Å². The highest BCUT2D eigenvalue weighted by Crippen LogP contribution is 2.14. The predicted octanol–water partition coefficient (Wildman–Crippen LogP) is 2.10. The Kier molecular flexibility index (Phi) is 1.73. The molecular weight excluding hydrogens is 169 g/mol. The third kappa shape index (κ3) is 1.38. The first-order chi connectivity index (χ1) is 6.29. The lowest BCUT2D eigenvalue weighted by Gasteiger charge is -1.96. The molecule has 1 heterocycles. The van der Waals surface area contributed by atoms with Crippen molar-refractivity contribution < 1.29 is 4.39 Å². The Hall–Kier alpha value is -1.84. The summed E-state index contributed by atoms with van der Waals surface area (Å²) in [5.74, 6) is 0.00882. The molecule has 0 amide bonds. The molecule has 3 nitrogen and oxygen atoms in total. The van der Waals surface area contributed by atoms with E-state index in [1.54, 1.807) is 6.07 Å². The van der Waals surface area contributed by atoms with E-state index in [2.05, 4.69) is 21.7 Å². The van der Waals surface area contributed by atoms with Crippen LogP contribution in [0.2, 0.25) is 0 Å². The minimum atomic E-state index is -0.296. The van der Waals surface area contributed by atoms with Crippen molar-refractivity contribution in [2.75, 3.05) is 0 Å². The number of rotatable bonds is 1. The van der Waals surface area contributed by atoms with Gasteiger partial charge in [-0.15, -0.1) is 0 Å². The number of fused-ring (bicyclic) bond motifs is 1. The zero-order valence-electron chi connectivity index (χ0n) is 6.74. The summed E-state index contributed by atoms with van der Waals surface area (Å²) in [6.07, 6.45) is 1.52. The summed E-state index contributed by atoms with van der Waals surface area (Å²) in [5, 5.41) is 0.660. The van der Waals surface area contributed by atoms with Gasteiger partial charge in [-0.05, 0) is 24.9 Å². The maximum atomic E-state index is 12.7. The molecule has 0 radical (unpaired) electrons. The predicted molar refractivity (Wildman–Crippen MR) is 48.7 cm³/mol. The molecule has 0 bridgehead atoms. The normalized spacial score (nSPS) is 10.2. The quantitative estimate of drug-likeness (QED) is 0.622. The highest BCUT2D eigenvalue weighted by Gasteiger charge is 1.98. The zero-order valence-corrected chi connectivity index (χ0v) is 6.74. The summed E-state index contributed by atoms with van der Waals surface area (Å²) in [5.41, 5.74) is 0.666. The molecule has 0 aliphatic carbocycles. The van der Waals surface area contributed by atoms with Crippen molar-refractivity contribution in [2.45, 2.75) is 0 Å². The molecule has 0 N–H and O–H groups in total. The Morgan fingerprint density at radius 3 is 3.00 bits per heavy atom. The fourth-order valence-electron chi connectivity index (χ4n) is 1.07. The van der Waals surface area contributed by atoms with Crippen molar-refractivity contribution in [3.8, 4) is 0 Å². The molecule has 0 saturated heterocycles. The van der Waals surface area contributed by atoms with Crippen LogP contribution in [0, 0.1) is 5.82 Å². The molecule has 2 aromatic rings. The molecule has 4 heteroatoms. The van der Waals surface area contributed by atoms with Gasteiger partial charge < -0.3 is 0 Å². The second-order valence-corrected chi connectivity index (χ2v) is 2.53. The first-order valence-electron chi connectivity index (χ1n) is 3.68. The summed E-state index contributed by atoms with van der Waals surface area (Å²) >= 11 is 0. The van der Waals surface area contributed by atoms with Crippen LogP contribution in [0.1, 0.15) is 0 Å². The van der Waals surface area contributed by atoms with E-state index in [4.69, 9.17) is 0 Å². The van der Waals surface area contributed by atoms with Crippen molar-refractivity contribution in [1.82, 2.24) is 9.97 Å². The SMILES string of the molecule is C=Nc1ncc2cc(F)ccc2n1. The summed E-state index contributed by atoms with van der Waals surface area (Å²) < 4.78 is 12.7. The highest BCUT2D eigenvalue weighted by atomic mass is 19.1. The molecule has 1 aromatic carbocycles. The molecule has 13 heavy (non-hydrogen) atoms. The third-order valence-electron chi connectivity index (χ3n) is 1.67. The van der Waals surface area contributed by atoms with Gasteiger partial charge in [-0.2, -0.15) is 0 Å². The molecule has 0 aliphatic rings. The first kappa shape index (κ1) is 7.79. The van der Waals surface area contributed by atoms with E-state index in [-0.39, 0.29) is 5.82 Å². The van der Waals surface area contributed by atoms with Gasteiger partial charge in [-0.3, -0.25) is 0 Å². The Morgan fingerprint density at radius 2 is 2.23 bits per heavy atom. The van der Waals surface area contributed by atoms with Gasteiger partial charge in [0.05, 0.1) is 5.52 Å². The summed E-state index contributed by atoms with van der Waals surface area (Å²) in [4.78, 5) is 11.5. The van der Waals surface area contributed by atoms with Crippen LogP contribution >= 0.6 is 0 Å². The second-order valence-electron chi connectivity index (χ2n) is 2.53. The van der Waals surface area contributed by atoms with Crippen LogP contribution in [0.3, 0.4) is 0 Å². The van der Waals surface area contributed by atoms with Gasteiger partial charge in [-0.1, -0.05) is 0 Å². The monoisotopic (exact) mass is 175 g/mol. The number of nitrogens with zero attached hydrogens (tertiary/aromatic N) is 3. The molecule has 2 rings (SSSR count). The maximum absolute atomic E-state index is 12.7. The maximum Gasteiger partial charge on any atom is 0.249 e. The van der Waals surface area contributed by atoms with E-state index in [0.717, 1.165) is 0 Å². The molecule has 64 valence electrons. The zero-order chi connectivity index (χ0) is 9.26. The number of aliphatic imine (C=N–C) groups is 1. The Morgan fingerprint density at radius 1 is 1.38 bits per heavy atom. The van der Waals surface area contributed by atoms with Gasteiger partial charge in [0.25, 0.3) is 0 Å². The fourth-order valence-corrected chi connectivity index (χ4v) is 1.07. The highest BCUT2D eigenvalue weighted by molar-refractivity contribution is 5.78. The second kappa shape index (κ2) is 2.90. The largest absolute Gasteiger partial charge is 0.249 e. The van der Waals surface area contributed by atoms with Gasteiger partial charge in [0.2, 0.25) is 5.95 Å². The van der Waals surface area contributed by atoms with Crippen molar-refractivity contribution >= 4 is 23.6 Å². The van der Waals surface area contributed by atoms with Crippen LogP contribution in [0.4, 0.5) is 10.3 Å². The van der Waals surface area contributed by atoms with Gasteiger partial charge in [0, 0.05) is 11.6 Å². The lowest BCUT2D eigenvalue weighted by atomic mass is 10.2. The van der Waals surface area contributed by atoms with Crippen LogP contribution in [0.5, 0.6) is 0 Å². The topological polar surface area (TPSA) is 38.1 Å². The van der Waals surface area contributed by atoms with E-state index in [0.29, 0.717) is 16.9 Å². The number of benzene rings is 1. The van der Waals surface area contributed by atoms with Crippen LogP contribution < -0.4 is 0 Å². The summed E-state index contributed by atoms with van der Waals surface area (Å²) in [6, 6.07) is 4.31. The Balaban J connectivity index is 2.73. The fraction of sp³-hybridized carbons (Fsp3) is 0. The molecule has 0 spiro atoms. The minimum Gasteiger partial charge on any atom is -0.228 e. The number of hydrogen-bond donors (Lipinski definition) is 0. The molecule has 1 aromatic heterocycles. The first-order valence-corrected chi connectivity index (χ1v) is 3.68. The minimum absolute atomic E-state index is 0.296.